The van der Waals surface area contributed by atoms with Crippen LogP contribution in [0.3, 0.4) is 0 Å². The van der Waals surface area contributed by atoms with Gasteiger partial charge < -0.3 is 14.7 Å². The van der Waals surface area contributed by atoms with E-state index in [2.05, 4.69) is 11.8 Å². The van der Waals surface area contributed by atoms with E-state index in [1.165, 1.54) is 0 Å². The molecule has 1 unspecified atom stereocenters. The number of benzene rings is 1. The third-order valence-electron chi connectivity index (χ3n) is 3.53. The second-order valence-electron chi connectivity index (χ2n) is 5.14. The number of carboxylic acids is 1. The molecule has 0 saturated carbocycles. The van der Waals surface area contributed by atoms with Gasteiger partial charge in [0.2, 0.25) is 0 Å². The van der Waals surface area contributed by atoms with Crippen molar-refractivity contribution in [1.82, 2.24) is 4.90 Å². The lowest BCUT2D eigenvalue weighted by molar-refractivity contribution is -0.138. The molecule has 0 saturated heterocycles. The molecule has 1 atom stereocenters. The highest BCUT2D eigenvalue weighted by Crippen LogP contribution is 2.16. The Kier molecular flexibility index (Phi) is 7.09. The Labute approximate surface area is 121 Å². The normalized spacial score (nSPS) is 12.4. The summed E-state index contributed by atoms with van der Waals surface area (Å²) in [5.41, 5.74) is 1.14. The Bertz CT molecular complexity index is 403. The summed E-state index contributed by atoms with van der Waals surface area (Å²) in [7, 11) is 3.65. The minimum Gasteiger partial charge on any atom is -0.497 e. The average molecular weight is 279 g/mol. The van der Waals surface area contributed by atoms with Crippen LogP contribution in [0.4, 0.5) is 0 Å². The van der Waals surface area contributed by atoms with Crippen LogP contribution in [0.5, 0.6) is 5.75 Å². The highest BCUT2D eigenvalue weighted by Gasteiger charge is 2.18. The molecular weight excluding hydrogens is 254 g/mol. The predicted octanol–water partition coefficient (Wildman–Crippen LogP) is 2.81. The number of nitrogens with zero attached hydrogens (tertiary/aromatic N) is 1. The van der Waals surface area contributed by atoms with E-state index in [0.717, 1.165) is 37.1 Å². The van der Waals surface area contributed by atoms with Gasteiger partial charge in [-0.05, 0) is 44.1 Å². The van der Waals surface area contributed by atoms with Crippen LogP contribution in [0, 0.1) is 0 Å². The Morgan fingerprint density at radius 2 is 2.00 bits per heavy atom. The van der Waals surface area contributed by atoms with E-state index in [1.54, 1.807) is 7.11 Å². The van der Waals surface area contributed by atoms with E-state index < -0.39 is 5.97 Å². The molecule has 0 aliphatic carbocycles. The zero-order valence-corrected chi connectivity index (χ0v) is 12.6. The fourth-order valence-electron chi connectivity index (χ4n) is 2.21. The molecule has 1 aromatic rings. The maximum Gasteiger partial charge on any atom is 0.304 e. The van der Waals surface area contributed by atoms with Gasteiger partial charge in [-0.25, -0.2) is 0 Å². The quantitative estimate of drug-likeness (QED) is 0.755. The van der Waals surface area contributed by atoms with Crippen LogP contribution < -0.4 is 4.74 Å². The molecule has 0 aliphatic heterocycles. The molecule has 1 N–H and O–H groups in total. The van der Waals surface area contributed by atoms with Crippen molar-refractivity contribution in [3.8, 4) is 5.75 Å². The highest BCUT2D eigenvalue weighted by molar-refractivity contribution is 5.67. The monoisotopic (exact) mass is 279 g/mol. The van der Waals surface area contributed by atoms with Crippen molar-refractivity contribution in [2.45, 2.75) is 38.6 Å². The van der Waals surface area contributed by atoms with E-state index in [9.17, 15) is 4.79 Å². The van der Waals surface area contributed by atoms with Crippen LogP contribution in [0.1, 0.15) is 31.7 Å². The van der Waals surface area contributed by atoms with Gasteiger partial charge in [-0.2, -0.15) is 0 Å². The van der Waals surface area contributed by atoms with Crippen molar-refractivity contribution < 1.29 is 14.6 Å². The molecule has 0 aliphatic rings. The maximum absolute atomic E-state index is 11.0. The number of hydrogen-bond acceptors (Lipinski definition) is 3. The number of unbranched alkanes of at least 4 members (excludes halogenated alkanes) is 1. The van der Waals surface area contributed by atoms with E-state index in [4.69, 9.17) is 9.84 Å². The molecule has 0 spiro atoms. The smallest absolute Gasteiger partial charge is 0.304 e. The maximum atomic E-state index is 11.0. The van der Waals surface area contributed by atoms with Crippen LogP contribution >= 0.6 is 0 Å². The molecule has 4 heteroatoms. The summed E-state index contributed by atoms with van der Waals surface area (Å²) in [5.74, 6) is 0.0785. The van der Waals surface area contributed by atoms with Crippen LogP contribution in [-0.4, -0.2) is 42.7 Å². The van der Waals surface area contributed by atoms with Gasteiger partial charge in [0, 0.05) is 6.04 Å². The van der Waals surface area contributed by atoms with Crippen molar-refractivity contribution >= 4 is 5.97 Å². The summed E-state index contributed by atoms with van der Waals surface area (Å²) < 4.78 is 5.13. The van der Waals surface area contributed by atoms with E-state index >= 15 is 0 Å². The summed E-state index contributed by atoms with van der Waals surface area (Å²) in [6, 6.07) is 7.87. The lowest BCUT2D eigenvalue weighted by atomic mass is 10.0. The minimum atomic E-state index is -0.744. The molecule has 0 bridgehead atoms. The van der Waals surface area contributed by atoms with E-state index in [0.29, 0.717) is 0 Å². The van der Waals surface area contributed by atoms with Gasteiger partial charge in [0.05, 0.1) is 13.5 Å². The van der Waals surface area contributed by atoms with Gasteiger partial charge in [0.1, 0.15) is 5.75 Å². The summed E-state index contributed by atoms with van der Waals surface area (Å²) in [4.78, 5) is 13.2. The number of ether oxygens (including phenoxy) is 1. The van der Waals surface area contributed by atoms with Gasteiger partial charge in [0.15, 0.2) is 0 Å². The Balaban J connectivity index is 2.69. The van der Waals surface area contributed by atoms with Gasteiger partial charge in [-0.3, -0.25) is 4.79 Å². The standard InChI is InChI=1S/C16H25NO3/c1-4-5-10-17(2)14(12-16(18)19)11-13-6-8-15(20-3)9-7-13/h6-9,14H,4-5,10-12H2,1-3H3,(H,18,19). The molecule has 4 nitrogen and oxygen atoms in total. The third kappa shape index (κ3) is 5.61. The van der Waals surface area contributed by atoms with Crippen molar-refractivity contribution in [1.29, 1.82) is 0 Å². The van der Waals surface area contributed by atoms with Crippen molar-refractivity contribution in [3.63, 3.8) is 0 Å². The summed E-state index contributed by atoms with van der Waals surface area (Å²) >= 11 is 0. The molecule has 112 valence electrons. The highest BCUT2D eigenvalue weighted by atomic mass is 16.5. The first-order valence-corrected chi connectivity index (χ1v) is 7.11. The third-order valence-corrected chi connectivity index (χ3v) is 3.53. The first-order chi connectivity index (χ1) is 9.56. The SMILES string of the molecule is CCCCN(C)C(CC(=O)O)Cc1ccc(OC)cc1. The number of aliphatic carboxylic acids is 1. The lowest BCUT2D eigenvalue weighted by Crippen LogP contribution is -2.36. The van der Waals surface area contributed by atoms with Crippen molar-refractivity contribution in [2.24, 2.45) is 0 Å². The van der Waals surface area contributed by atoms with Crippen LogP contribution in [0.2, 0.25) is 0 Å². The Hall–Kier alpha value is -1.55. The van der Waals surface area contributed by atoms with Crippen LogP contribution in [0.25, 0.3) is 0 Å². The average Bonchev–Trinajstić information content (AvgIpc) is 2.44. The minimum absolute atomic E-state index is 0.0347. The summed E-state index contributed by atoms with van der Waals surface area (Å²) in [5, 5.41) is 9.07. The molecule has 0 fully saturated rings. The number of likely N-dealkylation sites (N-methyl/N-ethyl adjacent to an activating group) is 1. The van der Waals surface area contributed by atoms with Crippen molar-refractivity contribution in [3.05, 3.63) is 29.8 Å². The Morgan fingerprint density at radius 3 is 2.50 bits per heavy atom. The molecule has 0 aromatic heterocycles. The largest absolute Gasteiger partial charge is 0.497 e. The molecule has 0 amide bonds. The number of carboxylic acid groups (broad SMARTS) is 1. The lowest BCUT2D eigenvalue weighted by Gasteiger charge is -2.27. The van der Waals surface area contributed by atoms with Crippen LogP contribution in [-0.2, 0) is 11.2 Å². The first-order valence-electron chi connectivity index (χ1n) is 7.11. The van der Waals surface area contributed by atoms with Gasteiger partial charge in [-0.15, -0.1) is 0 Å². The molecule has 1 rings (SSSR count). The molecular formula is C16H25NO3. The fourth-order valence-corrected chi connectivity index (χ4v) is 2.21. The predicted molar refractivity (Wildman–Crippen MR) is 80.3 cm³/mol. The number of hydrogen-bond donors (Lipinski definition) is 1. The summed E-state index contributed by atoms with van der Waals surface area (Å²) in [6.45, 7) is 3.08. The fraction of sp³-hybridized carbons (Fsp3) is 0.562. The topological polar surface area (TPSA) is 49.8 Å². The van der Waals surface area contributed by atoms with Gasteiger partial charge in [0.25, 0.3) is 0 Å². The van der Waals surface area contributed by atoms with E-state index in [-0.39, 0.29) is 12.5 Å². The molecule has 0 radical (unpaired) electrons. The molecule has 1 aromatic carbocycles. The zero-order chi connectivity index (χ0) is 15.0. The van der Waals surface area contributed by atoms with Crippen molar-refractivity contribution in [2.75, 3.05) is 20.7 Å². The number of methoxy groups -OCH3 is 1. The summed E-state index contributed by atoms with van der Waals surface area (Å²) in [6.07, 6.45) is 3.13. The molecule has 0 heterocycles. The first kappa shape index (κ1) is 16.5. The number of rotatable bonds is 9. The van der Waals surface area contributed by atoms with Crippen LogP contribution in [0.15, 0.2) is 24.3 Å². The molecule has 20 heavy (non-hydrogen) atoms. The van der Waals surface area contributed by atoms with E-state index in [1.807, 2.05) is 31.3 Å². The Morgan fingerprint density at radius 1 is 1.35 bits per heavy atom. The van der Waals surface area contributed by atoms with Gasteiger partial charge >= 0.3 is 5.97 Å². The second-order valence-corrected chi connectivity index (χ2v) is 5.14. The zero-order valence-electron chi connectivity index (χ0n) is 12.6. The second kappa shape index (κ2) is 8.59. The number of carbonyl (C=O) groups is 1. The van der Waals surface area contributed by atoms with Gasteiger partial charge in [-0.1, -0.05) is 25.5 Å².